The second-order valence-corrected chi connectivity index (χ2v) is 7.52. The van der Waals surface area contributed by atoms with Gasteiger partial charge in [-0.3, -0.25) is 14.5 Å². The van der Waals surface area contributed by atoms with Gasteiger partial charge in [0.15, 0.2) is 0 Å². The highest BCUT2D eigenvalue weighted by Crippen LogP contribution is 2.44. The highest BCUT2D eigenvalue weighted by molar-refractivity contribution is 6.52. The minimum atomic E-state index is -0.986. The summed E-state index contributed by atoms with van der Waals surface area (Å²) in [6.07, 6.45) is 0. The van der Waals surface area contributed by atoms with E-state index in [0.717, 1.165) is 0 Å². The topological polar surface area (TPSA) is 57.6 Å². The van der Waals surface area contributed by atoms with Gasteiger partial charge in [-0.25, -0.2) is 4.39 Å². The molecule has 1 N–H and O–H groups in total. The maximum atomic E-state index is 13.4. The number of carbonyl (C=O) groups excluding carboxylic acids is 2. The summed E-state index contributed by atoms with van der Waals surface area (Å²) in [6, 6.07) is 17.2. The number of aliphatic hydroxyl groups is 1. The molecule has 0 spiro atoms. The van der Waals surface area contributed by atoms with Crippen molar-refractivity contribution in [2.24, 2.45) is 0 Å². The zero-order valence-electron chi connectivity index (χ0n) is 15.4. The Hall–Kier alpha value is -3.15. The predicted octanol–water partition coefficient (Wildman–Crippen LogP) is 5.76. The van der Waals surface area contributed by atoms with Crippen molar-refractivity contribution >= 4 is 46.3 Å². The van der Waals surface area contributed by atoms with Crippen LogP contribution in [0.4, 0.5) is 10.1 Å². The summed E-state index contributed by atoms with van der Waals surface area (Å²) in [4.78, 5) is 27.2. The van der Waals surface area contributed by atoms with E-state index >= 15 is 0 Å². The van der Waals surface area contributed by atoms with Crippen molar-refractivity contribution in [1.29, 1.82) is 0 Å². The van der Waals surface area contributed by atoms with E-state index in [1.54, 1.807) is 48.5 Å². The number of carbonyl (C=O) groups is 2. The molecule has 0 aliphatic carbocycles. The number of ketones is 1. The summed E-state index contributed by atoms with van der Waals surface area (Å²) >= 11 is 12.3. The summed E-state index contributed by atoms with van der Waals surface area (Å²) in [6.45, 7) is 0. The van der Waals surface area contributed by atoms with Gasteiger partial charge in [0.1, 0.15) is 11.6 Å². The van der Waals surface area contributed by atoms with Crippen molar-refractivity contribution in [3.8, 4) is 0 Å². The van der Waals surface area contributed by atoms with E-state index < -0.39 is 23.5 Å². The van der Waals surface area contributed by atoms with Crippen LogP contribution in [0.3, 0.4) is 0 Å². The normalized spacial score (nSPS) is 18.1. The highest BCUT2D eigenvalue weighted by atomic mass is 35.5. The van der Waals surface area contributed by atoms with E-state index in [1.165, 1.54) is 29.2 Å². The number of hydrogen-bond acceptors (Lipinski definition) is 3. The quantitative estimate of drug-likeness (QED) is 0.319. The standard InChI is InChI=1S/C23H14Cl2FNO3/c24-14-7-5-13(6-8-14)21(28)19-20(17-3-1-2-4-18(17)25)27(23(30)22(19)29)16-11-9-15(26)10-12-16/h1-12,20,28H/b21-19+/t20-/m0/s1. The van der Waals surface area contributed by atoms with Crippen molar-refractivity contribution in [1.82, 2.24) is 0 Å². The first-order valence-electron chi connectivity index (χ1n) is 8.95. The average molecular weight is 442 g/mol. The Morgan fingerprint density at radius 1 is 0.900 bits per heavy atom. The Morgan fingerprint density at radius 2 is 1.53 bits per heavy atom. The number of halogens is 3. The molecule has 1 amide bonds. The minimum absolute atomic E-state index is 0.111. The molecule has 1 fully saturated rings. The van der Waals surface area contributed by atoms with Crippen LogP contribution in [-0.2, 0) is 9.59 Å². The third-order valence-corrected chi connectivity index (χ3v) is 5.46. The Bertz CT molecular complexity index is 1170. The Labute approximate surface area is 181 Å². The molecule has 4 nitrogen and oxygen atoms in total. The van der Waals surface area contributed by atoms with Crippen LogP contribution in [0, 0.1) is 5.82 Å². The first kappa shape index (κ1) is 20.1. The van der Waals surface area contributed by atoms with Crippen LogP contribution < -0.4 is 4.90 Å². The lowest BCUT2D eigenvalue weighted by molar-refractivity contribution is -0.132. The lowest BCUT2D eigenvalue weighted by atomic mass is 9.95. The molecule has 1 aliphatic rings. The number of aliphatic hydroxyl groups excluding tert-OH is 1. The summed E-state index contributed by atoms with van der Waals surface area (Å²) in [5, 5.41) is 11.7. The second kappa shape index (κ2) is 7.94. The molecule has 7 heteroatoms. The molecule has 4 rings (SSSR count). The number of benzene rings is 3. The molecular weight excluding hydrogens is 428 g/mol. The molecular formula is C23H14Cl2FNO3. The van der Waals surface area contributed by atoms with Gasteiger partial charge in [0, 0.05) is 21.3 Å². The zero-order valence-corrected chi connectivity index (χ0v) is 16.9. The Morgan fingerprint density at radius 3 is 2.17 bits per heavy atom. The smallest absolute Gasteiger partial charge is 0.300 e. The maximum absolute atomic E-state index is 13.4. The van der Waals surface area contributed by atoms with Crippen LogP contribution in [0.1, 0.15) is 17.2 Å². The van der Waals surface area contributed by atoms with Gasteiger partial charge in [0.05, 0.1) is 11.6 Å². The number of nitrogens with zero attached hydrogens (tertiary/aromatic N) is 1. The third kappa shape index (κ3) is 3.47. The summed E-state index contributed by atoms with van der Waals surface area (Å²) < 4.78 is 13.4. The van der Waals surface area contributed by atoms with Gasteiger partial charge in [-0.05, 0) is 60.2 Å². The molecule has 3 aromatic rings. The monoisotopic (exact) mass is 441 g/mol. The summed E-state index contributed by atoms with van der Waals surface area (Å²) in [5.41, 5.74) is 0.977. The molecule has 1 saturated heterocycles. The fourth-order valence-electron chi connectivity index (χ4n) is 3.45. The molecule has 0 aromatic heterocycles. The van der Waals surface area contributed by atoms with Crippen LogP contribution >= 0.6 is 23.2 Å². The highest BCUT2D eigenvalue weighted by Gasteiger charge is 2.47. The first-order chi connectivity index (χ1) is 14.4. The molecule has 0 bridgehead atoms. The summed E-state index contributed by atoms with van der Waals surface area (Å²) in [5.74, 6) is -2.54. The number of Topliss-reactive ketones (excluding diaryl/α,β-unsaturated/α-hetero) is 1. The zero-order chi connectivity index (χ0) is 21.4. The van der Waals surface area contributed by atoms with E-state index in [-0.39, 0.29) is 11.3 Å². The van der Waals surface area contributed by atoms with Crippen LogP contribution in [0.25, 0.3) is 5.76 Å². The fourth-order valence-corrected chi connectivity index (χ4v) is 3.82. The third-order valence-electron chi connectivity index (χ3n) is 4.87. The first-order valence-corrected chi connectivity index (χ1v) is 9.71. The van der Waals surface area contributed by atoms with Gasteiger partial charge in [0.25, 0.3) is 11.7 Å². The van der Waals surface area contributed by atoms with Gasteiger partial charge >= 0.3 is 0 Å². The van der Waals surface area contributed by atoms with E-state index in [4.69, 9.17) is 23.2 Å². The number of rotatable bonds is 3. The molecule has 30 heavy (non-hydrogen) atoms. The molecule has 0 radical (unpaired) electrons. The number of amides is 1. The average Bonchev–Trinajstić information content (AvgIpc) is 3.00. The van der Waals surface area contributed by atoms with Crippen molar-refractivity contribution in [2.75, 3.05) is 4.90 Å². The molecule has 0 saturated carbocycles. The Kier molecular flexibility index (Phi) is 5.33. The number of anilines is 1. The lowest BCUT2D eigenvalue weighted by Crippen LogP contribution is -2.29. The van der Waals surface area contributed by atoms with Gasteiger partial charge in [0.2, 0.25) is 0 Å². The Balaban J connectivity index is 1.96. The molecule has 3 aromatic carbocycles. The number of hydrogen-bond donors (Lipinski definition) is 1. The van der Waals surface area contributed by atoms with E-state index in [2.05, 4.69) is 0 Å². The van der Waals surface area contributed by atoms with E-state index in [1.807, 2.05) is 0 Å². The van der Waals surface area contributed by atoms with Gasteiger partial charge < -0.3 is 5.11 Å². The van der Waals surface area contributed by atoms with Crippen LogP contribution in [0.15, 0.2) is 78.4 Å². The van der Waals surface area contributed by atoms with Crippen molar-refractivity contribution < 1.29 is 19.1 Å². The van der Waals surface area contributed by atoms with Gasteiger partial charge in [-0.1, -0.05) is 41.4 Å². The van der Waals surface area contributed by atoms with E-state index in [0.29, 0.717) is 26.9 Å². The fraction of sp³-hybridized carbons (Fsp3) is 0.0435. The van der Waals surface area contributed by atoms with Gasteiger partial charge in [-0.15, -0.1) is 0 Å². The van der Waals surface area contributed by atoms with E-state index in [9.17, 15) is 19.1 Å². The van der Waals surface area contributed by atoms with Gasteiger partial charge in [-0.2, -0.15) is 0 Å². The minimum Gasteiger partial charge on any atom is -0.507 e. The van der Waals surface area contributed by atoms with Crippen molar-refractivity contribution in [2.45, 2.75) is 6.04 Å². The second-order valence-electron chi connectivity index (χ2n) is 6.67. The summed E-state index contributed by atoms with van der Waals surface area (Å²) in [7, 11) is 0. The van der Waals surface area contributed by atoms with Crippen LogP contribution in [0.2, 0.25) is 10.0 Å². The molecule has 1 atom stereocenters. The maximum Gasteiger partial charge on any atom is 0.300 e. The molecule has 1 aliphatic heterocycles. The SMILES string of the molecule is O=C1C(=O)N(c2ccc(F)cc2)[C@@H](c2ccccc2Cl)/C1=C(\O)c1ccc(Cl)cc1. The lowest BCUT2D eigenvalue weighted by Gasteiger charge is -2.26. The molecule has 1 heterocycles. The van der Waals surface area contributed by atoms with Crippen LogP contribution in [0.5, 0.6) is 0 Å². The van der Waals surface area contributed by atoms with Crippen molar-refractivity contribution in [3.63, 3.8) is 0 Å². The van der Waals surface area contributed by atoms with Crippen molar-refractivity contribution in [3.05, 3.63) is 105 Å². The van der Waals surface area contributed by atoms with Crippen LogP contribution in [-0.4, -0.2) is 16.8 Å². The molecule has 150 valence electrons. The molecule has 0 unspecified atom stereocenters. The largest absolute Gasteiger partial charge is 0.507 e. The predicted molar refractivity (Wildman–Crippen MR) is 114 cm³/mol.